The molecule has 0 aromatic heterocycles. The third-order valence-corrected chi connectivity index (χ3v) is 4.32. The van der Waals surface area contributed by atoms with Gasteiger partial charge in [-0.05, 0) is 49.2 Å². The van der Waals surface area contributed by atoms with E-state index in [0.717, 1.165) is 5.75 Å². The van der Waals surface area contributed by atoms with Crippen LogP contribution in [0.15, 0.2) is 54.6 Å². The maximum absolute atomic E-state index is 12.3. The number of hydrogen-bond acceptors (Lipinski definition) is 4. The van der Waals surface area contributed by atoms with Crippen molar-refractivity contribution in [1.82, 2.24) is 5.32 Å². The Hall–Kier alpha value is -2.37. The number of aliphatic hydroxyl groups excluding tert-OH is 2. The first-order chi connectivity index (χ1) is 11.7. The normalized spacial score (nSPS) is 23.0. The van der Waals surface area contributed by atoms with E-state index in [2.05, 4.69) is 5.32 Å². The monoisotopic (exact) mass is 327 g/mol. The topological polar surface area (TPSA) is 78.8 Å². The number of hydrogen-bond donors (Lipinski definition) is 3. The molecule has 2 aromatic carbocycles. The van der Waals surface area contributed by atoms with Crippen LogP contribution in [0.4, 0.5) is 0 Å². The fourth-order valence-electron chi connectivity index (χ4n) is 2.98. The molecule has 0 bridgehead atoms. The molecule has 0 radical (unpaired) electrons. The summed E-state index contributed by atoms with van der Waals surface area (Å²) in [6.45, 7) is -0.0565. The second kappa shape index (κ2) is 7.47. The molecule has 5 nitrogen and oxygen atoms in total. The van der Waals surface area contributed by atoms with Crippen LogP contribution in [0.3, 0.4) is 0 Å². The Bertz CT molecular complexity index is 672. The molecule has 0 heterocycles. The molecule has 1 saturated carbocycles. The number of benzene rings is 2. The van der Waals surface area contributed by atoms with Crippen LogP contribution in [0.1, 0.15) is 23.2 Å². The summed E-state index contributed by atoms with van der Waals surface area (Å²) in [7, 11) is 0. The molecular formula is C19H21NO4. The van der Waals surface area contributed by atoms with Gasteiger partial charge in [0.05, 0.1) is 6.10 Å². The first-order valence-electron chi connectivity index (χ1n) is 8.08. The molecule has 3 N–H and O–H groups in total. The number of rotatable bonds is 5. The van der Waals surface area contributed by atoms with Crippen molar-refractivity contribution in [2.75, 3.05) is 6.61 Å². The van der Waals surface area contributed by atoms with Gasteiger partial charge in [-0.1, -0.05) is 18.2 Å². The summed E-state index contributed by atoms with van der Waals surface area (Å²) < 4.78 is 5.70. The zero-order chi connectivity index (χ0) is 16.9. The van der Waals surface area contributed by atoms with Gasteiger partial charge >= 0.3 is 0 Å². The first kappa shape index (κ1) is 16.5. The van der Waals surface area contributed by atoms with Crippen molar-refractivity contribution in [2.24, 2.45) is 5.92 Å². The average Bonchev–Trinajstić information content (AvgIpc) is 2.96. The SMILES string of the molecule is O=C(N[C@H]1C[C@@H](CO)[C@@H](O)C1)c1ccc(Oc2ccccc2)cc1. The number of aliphatic hydroxyl groups is 2. The van der Waals surface area contributed by atoms with Crippen LogP contribution in [-0.4, -0.2) is 34.9 Å². The highest BCUT2D eigenvalue weighted by Crippen LogP contribution is 2.26. The second-order valence-electron chi connectivity index (χ2n) is 6.09. The van der Waals surface area contributed by atoms with Gasteiger partial charge in [0.2, 0.25) is 0 Å². The number of carbonyl (C=O) groups excluding carboxylic acids is 1. The molecule has 1 fully saturated rings. The number of ether oxygens (including phenoxy) is 1. The van der Waals surface area contributed by atoms with Crippen molar-refractivity contribution in [3.63, 3.8) is 0 Å². The lowest BCUT2D eigenvalue weighted by atomic mass is 10.1. The van der Waals surface area contributed by atoms with E-state index in [4.69, 9.17) is 4.74 Å². The molecule has 1 aliphatic carbocycles. The van der Waals surface area contributed by atoms with E-state index in [0.29, 0.717) is 24.2 Å². The second-order valence-corrected chi connectivity index (χ2v) is 6.09. The number of para-hydroxylation sites is 1. The maximum Gasteiger partial charge on any atom is 0.251 e. The molecule has 1 amide bonds. The zero-order valence-electron chi connectivity index (χ0n) is 13.3. The Morgan fingerprint density at radius 3 is 2.33 bits per heavy atom. The van der Waals surface area contributed by atoms with Crippen LogP contribution in [0.25, 0.3) is 0 Å². The molecule has 0 spiro atoms. The predicted octanol–water partition coefficient (Wildman–Crippen LogP) is 2.34. The summed E-state index contributed by atoms with van der Waals surface area (Å²) in [6, 6.07) is 16.3. The molecule has 3 rings (SSSR count). The van der Waals surface area contributed by atoms with Crippen molar-refractivity contribution in [1.29, 1.82) is 0 Å². The summed E-state index contributed by atoms with van der Waals surface area (Å²) in [5.41, 5.74) is 0.539. The number of amides is 1. The summed E-state index contributed by atoms with van der Waals surface area (Å²) in [4.78, 5) is 12.3. The molecule has 0 saturated heterocycles. The summed E-state index contributed by atoms with van der Waals surface area (Å²) in [5, 5.41) is 21.9. The van der Waals surface area contributed by atoms with Crippen LogP contribution in [-0.2, 0) is 0 Å². The highest BCUT2D eigenvalue weighted by Gasteiger charge is 2.33. The third kappa shape index (κ3) is 3.93. The van der Waals surface area contributed by atoms with Gasteiger partial charge in [0, 0.05) is 24.1 Å². The van der Waals surface area contributed by atoms with E-state index in [9.17, 15) is 15.0 Å². The van der Waals surface area contributed by atoms with E-state index in [1.54, 1.807) is 24.3 Å². The Kier molecular flexibility index (Phi) is 5.13. The molecule has 3 atom stereocenters. The molecule has 0 aliphatic heterocycles. The minimum absolute atomic E-state index is 0.0565. The van der Waals surface area contributed by atoms with Gasteiger partial charge in [-0.2, -0.15) is 0 Å². The van der Waals surface area contributed by atoms with E-state index in [-0.39, 0.29) is 24.5 Å². The summed E-state index contributed by atoms with van der Waals surface area (Å²) in [6.07, 6.45) is 0.520. The molecule has 0 unspecified atom stereocenters. The molecule has 126 valence electrons. The van der Waals surface area contributed by atoms with Crippen LogP contribution < -0.4 is 10.1 Å². The number of nitrogens with one attached hydrogen (secondary N) is 1. The van der Waals surface area contributed by atoms with Gasteiger partial charge in [0.15, 0.2) is 0 Å². The van der Waals surface area contributed by atoms with Crippen molar-refractivity contribution in [3.05, 3.63) is 60.2 Å². The van der Waals surface area contributed by atoms with Gasteiger partial charge in [-0.15, -0.1) is 0 Å². The fraction of sp³-hybridized carbons (Fsp3) is 0.316. The van der Waals surface area contributed by atoms with Crippen LogP contribution in [0.2, 0.25) is 0 Å². The molecule has 24 heavy (non-hydrogen) atoms. The Balaban J connectivity index is 1.58. The van der Waals surface area contributed by atoms with Gasteiger partial charge < -0.3 is 20.3 Å². The fourth-order valence-corrected chi connectivity index (χ4v) is 2.98. The van der Waals surface area contributed by atoms with Crippen LogP contribution in [0.5, 0.6) is 11.5 Å². The highest BCUT2D eigenvalue weighted by atomic mass is 16.5. The van der Waals surface area contributed by atoms with E-state index in [1.807, 2.05) is 30.3 Å². The lowest BCUT2D eigenvalue weighted by Crippen LogP contribution is -2.33. The van der Waals surface area contributed by atoms with Crippen molar-refractivity contribution in [3.8, 4) is 11.5 Å². The summed E-state index contributed by atoms with van der Waals surface area (Å²) >= 11 is 0. The van der Waals surface area contributed by atoms with E-state index < -0.39 is 6.10 Å². The van der Waals surface area contributed by atoms with Crippen molar-refractivity contribution < 1.29 is 19.7 Å². The Morgan fingerprint density at radius 1 is 1.04 bits per heavy atom. The average molecular weight is 327 g/mol. The molecule has 1 aliphatic rings. The Labute approximate surface area is 140 Å². The number of carbonyl (C=O) groups is 1. The zero-order valence-corrected chi connectivity index (χ0v) is 13.3. The van der Waals surface area contributed by atoms with Crippen LogP contribution in [0, 0.1) is 5.92 Å². The predicted molar refractivity (Wildman–Crippen MR) is 90.0 cm³/mol. The van der Waals surface area contributed by atoms with E-state index in [1.165, 1.54) is 0 Å². The highest BCUT2D eigenvalue weighted by molar-refractivity contribution is 5.94. The quantitative estimate of drug-likeness (QED) is 0.787. The largest absolute Gasteiger partial charge is 0.457 e. The maximum atomic E-state index is 12.3. The van der Waals surface area contributed by atoms with Gasteiger partial charge in [-0.25, -0.2) is 0 Å². The Morgan fingerprint density at radius 2 is 1.71 bits per heavy atom. The lowest BCUT2D eigenvalue weighted by Gasteiger charge is -2.13. The minimum Gasteiger partial charge on any atom is -0.457 e. The standard InChI is InChI=1S/C19H21NO4/c21-12-14-10-15(11-18(14)22)20-19(23)13-6-8-17(9-7-13)24-16-4-2-1-3-5-16/h1-9,14-15,18,21-22H,10-12H2,(H,20,23)/t14-,15-,18-/m0/s1. The van der Waals surface area contributed by atoms with E-state index >= 15 is 0 Å². The van der Waals surface area contributed by atoms with Crippen molar-refractivity contribution >= 4 is 5.91 Å². The van der Waals surface area contributed by atoms with Gasteiger partial charge in [-0.3, -0.25) is 4.79 Å². The lowest BCUT2D eigenvalue weighted by molar-refractivity contribution is 0.0903. The summed E-state index contributed by atoms with van der Waals surface area (Å²) in [5.74, 6) is 1.06. The third-order valence-electron chi connectivity index (χ3n) is 4.32. The van der Waals surface area contributed by atoms with Crippen LogP contribution >= 0.6 is 0 Å². The van der Waals surface area contributed by atoms with Gasteiger partial charge in [0.25, 0.3) is 5.91 Å². The van der Waals surface area contributed by atoms with Gasteiger partial charge in [0.1, 0.15) is 11.5 Å². The smallest absolute Gasteiger partial charge is 0.251 e. The molecule has 5 heteroatoms. The minimum atomic E-state index is -0.554. The first-order valence-corrected chi connectivity index (χ1v) is 8.08. The van der Waals surface area contributed by atoms with Crippen molar-refractivity contribution in [2.45, 2.75) is 25.0 Å². The molecular weight excluding hydrogens is 306 g/mol. The molecule has 2 aromatic rings.